The van der Waals surface area contributed by atoms with Crippen LogP contribution in [0.1, 0.15) is 42.2 Å². The number of aryl methyl sites for hydroxylation is 2. The van der Waals surface area contributed by atoms with Gasteiger partial charge in [0.05, 0.1) is 6.61 Å². The van der Waals surface area contributed by atoms with Gasteiger partial charge in [-0.2, -0.15) is 11.8 Å². The van der Waals surface area contributed by atoms with Crippen molar-refractivity contribution in [3.05, 3.63) is 22.8 Å². The van der Waals surface area contributed by atoms with Crippen molar-refractivity contribution in [2.45, 2.75) is 39.2 Å². The van der Waals surface area contributed by atoms with Crippen molar-refractivity contribution >= 4 is 11.8 Å². The first-order chi connectivity index (χ1) is 10.3. The largest absolute Gasteiger partial charge is 0.368 e. The van der Waals surface area contributed by atoms with Gasteiger partial charge < -0.3 is 10.1 Å². The van der Waals surface area contributed by atoms with Crippen molar-refractivity contribution in [1.29, 1.82) is 0 Å². The highest BCUT2D eigenvalue weighted by Gasteiger charge is 2.25. The second-order valence-electron chi connectivity index (χ2n) is 5.94. The molecule has 0 radical (unpaired) electrons. The number of rotatable bonds is 4. The van der Waals surface area contributed by atoms with Crippen molar-refractivity contribution in [3.8, 4) is 0 Å². The Kier molecular flexibility index (Phi) is 5.14. The van der Waals surface area contributed by atoms with E-state index in [1.54, 1.807) is 0 Å². The Hall–Kier alpha value is -0.650. The highest BCUT2D eigenvalue weighted by Crippen LogP contribution is 2.29. The second-order valence-corrected chi connectivity index (χ2v) is 7.09. The van der Waals surface area contributed by atoms with E-state index in [2.05, 4.69) is 19.2 Å². The maximum atomic E-state index is 5.83. The summed E-state index contributed by atoms with van der Waals surface area (Å²) in [6.07, 6.45) is 3.53. The van der Waals surface area contributed by atoms with Crippen LogP contribution in [0.25, 0.3) is 0 Å². The van der Waals surface area contributed by atoms with Gasteiger partial charge in [0.25, 0.3) is 0 Å². The van der Waals surface area contributed by atoms with Crippen LogP contribution in [0.3, 0.4) is 0 Å². The molecule has 1 fully saturated rings. The molecule has 1 aromatic heterocycles. The molecule has 3 rings (SSSR count). The van der Waals surface area contributed by atoms with Crippen LogP contribution < -0.4 is 5.32 Å². The van der Waals surface area contributed by atoms with Gasteiger partial charge >= 0.3 is 0 Å². The van der Waals surface area contributed by atoms with Gasteiger partial charge in [-0.25, -0.2) is 9.97 Å². The van der Waals surface area contributed by atoms with E-state index in [0.717, 1.165) is 61.5 Å². The Labute approximate surface area is 131 Å². The molecular formula is C16H25N3OS. The van der Waals surface area contributed by atoms with E-state index in [4.69, 9.17) is 14.7 Å². The van der Waals surface area contributed by atoms with Crippen LogP contribution in [0.5, 0.6) is 0 Å². The number of ether oxygens (including phenoxy) is 1. The number of aromatic nitrogens is 2. The van der Waals surface area contributed by atoms with Gasteiger partial charge in [-0.15, -0.1) is 0 Å². The fourth-order valence-electron chi connectivity index (χ4n) is 3.19. The average Bonchev–Trinajstić information content (AvgIpc) is 2.54. The quantitative estimate of drug-likeness (QED) is 0.925. The molecule has 0 spiro atoms. The summed E-state index contributed by atoms with van der Waals surface area (Å²) in [4.78, 5) is 9.60. The lowest BCUT2D eigenvalue weighted by molar-refractivity contribution is 0.0690. The summed E-state index contributed by atoms with van der Waals surface area (Å²) >= 11 is 1.94. The van der Waals surface area contributed by atoms with Crippen LogP contribution >= 0.6 is 11.8 Å². The molecule has 4 nitrogen and oxygen atoms in total. The highest BCUT2D eigenvalue weighted by atomic mass is 32.2. The third-order valence-corrected chi connectivity index (χ3v) is 5.38. The van der Waals surface area contributed by atoms with Crippen LogP contribution in [0.2, 0.25) is 0 Å². The molecule has 0 aromatic carbocycles. The van der Waals surface area contributed by atoms with Crippen LogP contribution in [-0.4, -0.2) is 41.2 Å². The molecule has 2 atom stereocenters. The zero-order chi connectivity index (χ0) is 14.7. The first kappa shape index (κ1) is 15.3. The van der Waals surface area contributed by atoms with Gasteiger partial charge in [0, 0.05) is 22.9 Å². The summed E-state index contributed by atoms with van der Waals surface area (Å²) in [5, 5.41) is 3.47. The number of fused-ring (bicyclic) bond motifs is 1. The van der Waals surface area contributed by atoms with Gasteiger partial charge in [0.1, 0.15) is 6.10 Å². The number of hydrogen-bond donors (Lipinski definition) is 1. The number of hydrogen-bond acceptors (Lipinski definition) is 5. The maximum Gasteiger partial charge on any atom is 0.158 e. The average molecular weight is 307 g/mol. The summed E-state index contributed by atoms with van der Waals surface area (Å²) < 4.78 is 5.83. The molecular weight excluding hydrogens is 282 g/mol. The molecule has 0 saturated carbocycles. The van der Waals surface area contributed by atoms with Gasteiger partial charge in [-0.05, 0) is 50.8 Å². The fraction of sp³-hybridized carbons (Fsp3) is 0.750. The molecule has 1 aromatic rings. The molecule has 1 saturated heterocycles. The van der Waals surface area contributed by atoms with Gasteiger partial charge in [0.2, 0.25) is 0 Å². The van der Waals surface area contributed by atoms with Gasteiger partial charge in [0.15, 0.2) is 5.82 Å². The summed E-state index contributed by atoms with van der Waals surface area (Å²) in [5.74, 6) is 3.71. The van der Waals surface area contributed by atoms with Gasteiger partial charge in [-0.3, -0.25) is 0 Å². The molecule has 2 unspecified atom stereocenters. The summed E-state index contributed by atoms with van der Waals surface area (Å²) in [5.41, 5.74) is 3.82. The van der Waals surface area contributed by atoms with Crippen LogP contribution in [-0.2, 0) is 17.6 Å². The van der Waals surface area contributed by atoms with Crippen molar-refractivity contribution < 1.29 is 4.74 Å². The highest BCUT2D eigenvalue weighted by molar-refractivity contribution is 7.99. The minimum atomic E-state index is 0.0900. The normalized spacial score (nSPS) is 25.6. The summed E-state index contributed by atoms with van der Waals surface area (Å²) in [6, 6.07) is 0. The van der Waals surface area contributed by atoms with E-state index < -0.39 is 0 Å². The lowest BCUT2D eigenvalue weighted by Gasteiger charge is -2.27. The fourth-order valence-corrected chi connectivity index (χ4v) is 4.03. The minimum absolute atomic E-state index is 0.0900. The standard InChI is InChI=1S/C16H25N3OS/c1-3-17-9-12-4-5-14-13(8-12)11(2)18-16(19-14)15-10-21-7-6-20-15/h12,15,17H,3-10H2,1-2H3. The van der Waals surface area contributed by atoms with Crippen LogP contribution in [0.4, 0.5) is 0 Å². The SMILES string of the molecule is CCNCC1CCc2nc(C3CSCCO3)nc(C)c2C1. The molecule has 21 heavy (non-hydrogen) atoms. The minimum Gasteiger partial charge on any atom is -0.368 e. The predicted octanol–water partition coefficient (Wildman–Crippen LogP) is 2.30. The molecule has 0 amide bonds. The Bertz CT molecular complexity index is 489. The summed E-state index contributed by atoms with van der Waals surface area (Å²) in [6.45, 7) is 7.28. The Balaban J connectivity index is 1.76. The Morgan fingerprint density at radius 1 is 1.38 bits per heavy atom. The monoisotopic (exact) mass is 307 g/mol. The molecule has 0 bridgehead atoms. The molecule has 1 aliphatic heterocycles. The lowest BCUT2D eigenvalue weighted by Crippen LogP contribution is -2.29. The topological polar surface area (TPSA) is 47.0 Å². The molecule has 1 N–H and O–H groups in total. The number of nitrogens with zero attached hydrogens (tertiary/aromatic N) is 2. The van der Waals surface area contributed by atoms with Crippen molar-refractivity contribution in [2.75, 3.05) is 31.2 Å². The van der Waals surface area contributed by atoms with E-state index in [1.807, 2.05) is 11.8 Å². The number of thioether (sulfide) groups is 1. The first-order valence-electron chi connectivity index (χ1n) is 8.04. The van der Waals surface area contributed by atoms with E-state index in [9.17, 15) is 0 Å². The van der Waals surface area contributed by atoms with Gasteiger partial charge in [-0.1, -0.05) is 6.92 Å². The summed E-state index contributed by atoms with van der Waals surface area (Å²) in [7, 11) is 0. The Morgan fingerprint density at radius 3 is 3.05 bits per heavy atom. The van der Waals surface area contributed by atoms with E-state index >= 15 is 0 Å². The predicted molar refractivity (Wildman–Crippen MR) is 86.8 cm³/mol. The lowest BCUT2D eigenvalue weighted by atomic mass is 9.85. The molecule has 1 aliphatic carbocycles. The third kappa shape index (κ3) is 3.58. The number of nitrogens with one attached hydrogen (secondary N) is 1. The van der Waals surface area contributed by atoms with Crippen LogP contribution in [0, 0.1) is 12.8 Å². The smallest absolute Gasteiger partial charge is 0.158 e. The Morgan fingerprint density at radius 2 is 2.29 bits per heavy atom. The second kappa shape index (κ2) is 7.07. The van der Waals surface area contributed by atoms with Crippen molar-refractivity contribution in [3.63, 3.8) is 0 Å². The van der Waals surface area contributed by atoms with Crippen molar-refractivity contribution in [1.82, 2.24) is 15.3 Å². The van der Waals surface area contributed by atoms with Crippen molar-refractivity contribution in [2.24, 2.45) is 5.92 Å². The molecule has 116 valence electrons. The first-order valence-corrected chi connectivity index (χ1v) is 9.19. The van der Waals surface area contributed by atoms with E-state index in [-0.39, 0.29) is 6.10 Å². The zero-order valence-corrected chi connectivity index (χ0v) is 13.8. The zero-order valence-electron chi connectivity index (χ0n) is 13.0. The maximum absolute atomic E-state index is 5.83. The van der Waals surface area contributed by atoms with E-state index in [1.165, 1.54) is 17.7 Å². The molecule has 5 heteroatoms. The molecule has 2 heterocycles. The van der Waals surface area contributed by atoms with Crippen LogP contribution in [0.15, 0.2) is 0 Å². The molecule has 2 aliphatic rings. The third-order valence-electron chi connectivity index (χ3n) is 4.39. The van der Waals surface area contributed by atoms with E-state index in [0.29, 0.717) is 0 Å².